The van der Waals surface area contributed by atoms with Gasteiger partial charge in [0.15, 0.2) is 0 Å². The maximum absolute atomic E-state index is 3.90. The molecule has 5 aromatic rings. The van der Waals surface area contributed by atoms with Crippen molar-refractivity contribution >= 4 is 3.26 Å². The first-order valence-corrected chi connectivity index (χ1v) is 19.2. The Kier molecular flexibility index (Phi) is 15.2. The van der Waals surface area contributed by atoms with Gasteiger partial charge in [0.1, 0.15) is 0 Å². The first kappa shape index (κ1) is 43.7. The third kappa shape index (κ3) is 11.0. The van der Waals surface area contributed by atoms with Crippen molar-refractivity contribution in [2.45, 2.75) is 111 Å². The van der Waals surface area contributed by atoms with Crippen LogP contribution in [0, 0.1) is 6.07 Å². The summed E-state index contributed by atoms with van der Waals surface area (Å²) in [6.45, 7) is 28.0. The van der Waals surface area contributed by atoms with Crippen molar-refractivity contribution in [2.24, 2.45) is 0 Å². The van der Waals surface area contributed by atoms with E-state index in [1.54, 1.807) is 0 Å². The van der Waals surface area contributed by atoms with Crippen LogP contribution in [-0.4, -0.2) is 3.26 Å². The Labute approximate surface area is 331 Å². The summed E-state index contributed by atoms with van der Waals surface area (Å²) in [5, 5.41) is 0. The minimum absolute atomic E-state index is 0. The maximum atomic E-state index is 3.90. The topological polar surface area (TPSA) is 0 Å². The zero-order chi connectivity index (χ0) is 35.5. The Bertz CT molecular complexity index is 1670. The molecule has 1 aliphatic carbocycles. The number of benzene rings is 4. The number of rotatable bonds is 2. The van der Waals surface area contributed by atoms with Gasteiger partial charge in [-0.2, -0.15) is 35.9 Å². The van der Waals surface area contributed by atoms with Crippen LogP contribution in [0.2, 0.25) is 0 Å². The number of hydrogen-bond donors (Lipinski definition) is 0. The Morgan fingerprint density at radius 1 is 0.540 bits per heavy atom. The molecule has 0 saturated carbocycles. The fourth-order valence-electron chi connectivity index (χ4n) is 6.32. The molecule has 3 heteroatoms. The Morgan fingerprint density at radius 3 is 1.34 bits per heavy atom. The van der Waals surface area contributed by atoms with Crippen LogP contribution >= 0.6 is 0 Å². The predicted octanol–water partition coefficient (Wildman–Crippen LogP) is 6.46. The normalized spacial score (nSPS) is 12.1. The van der Waals surface area contributed by atoms with Crippen molar-refractivity contribution in [3.05, 3.63) is 160 Å². The van der Waals surface area contributed by atoms with Gasteiger partial charge in [0.2, 0.25) is 0 Å². The molecule has 0 fully saturated rings. The molecular weight excluding hydrogens is 814 g/mol. The number of hydrogen-bond acceptors (Lipinski definition) is 0. The van der Waals surface area contributed by atoms with Gasteiger partial charge in [0.25, 0.3) is 0 Å². The molecule has 0 saturated heterocycles. The quantitative estimate of drug-likeness (QED) is 0.139. The summed E-state index contributed by atoms with van der Waals surface area (Å²) < 4.78 is 1.46. The molecule has 0 atom stereocenters. The molecule has 1 aliphatic rings. The van der Waals surface area contributed by atoms with E-state index in [0.717, 1.165) is 30.3 Å². The second kappa shape index (κ2) is 17.4. The molecule has 0 heterocycles. The van der Waals surface area contributed by atoms with Crippen molar-refractivity contribution in [2.75, 3.05) is 0 Å². The van der Waals surface area contributed by atoms with Crippen molar-refractivity contribution in [1.82, 2.24) is 0 Å². The SMILES string of the molecule is CC(C)(C)c1[c-]c2c(cc1C(C)(C)C)-c1cc(C(C)(C)C)c(C(C)(C)C)cc1C2.[Cl-].[Cl-].[Hf+2]=[C](c1ccccc1)c1ccccc1.c1cc[cH-]c1. The zero-order valence-corrected chi connectivity index (χ0v) is 37.5. The monoisotopic (exact) mass is 870 g/mol. The summed E-state index contributed by atoms with van der Waals surface area (Å²) in [4.78, 5) is 0. The smallest absolute Gasteiger partial charge is 0.172 e. The van der Waals surface area contributed by atoms with E-state index in [1.165, 1.54) is 58.9 Å². The summed E-state index contributed by atoms with van der Waals surface area (Å²) in [5.41, 5.74) is 14.7. The van der Waals surface area contributed by atoms with Crippen molar-refractivity contribution in [3.8, 4) is 11.1 Å². The van der Waals surface area contributed by atoms with Gasteiger partial charge in [0, 0.05) is 0 Å². The number of halogens is 2. The molecule has 0 spiro atoms. The van der Waals surface area contributed by atoms with E-state index in [9.17, 15) is 0 Å². The van der Waals surface area contributed by atoms with E-state index in [-0.39, 0.29) is 46.5 Å². The second-order valence-corrected chi connectivity index (χ2v) is 19.0. The summed E-state index contributed by atoms with van der Waals surface area (Å²) in [6, 6.07) is 42.6. The predicted molar refractivity (Wildman–Crippen MR) is 206 cm³/mol. The average Bonchev–Trinajstić information content (AvgIpc) is 3.71. The molecule has 0 aliphatic heterocycles. The molecule has 0 unspecified atom stereocenters. The van der Waals surface area contributed by atoms with E-state index in [2.05, 4.69) is 168 Å². The van der Waals surface area contributed by atoms with Crippen LogP contribution in [0.15, 0.2) is 109 Å². The molecule has 0 N–H and O–H groups in total. The zero-order valence-electron chi connectivity index (χ0n) is 32.4. The van der Waals surface area contributed by atoms with Crippen LogP contribution < -0.4 is 24.8 Å². The first-order chi connectivity index (χ1) is 22.3. The molecule has 6 rings (SSSR count). The van der Waals surface area contributed by atoms with Gasteiger partial charge in [-0.15, -0.1) is 16.7 Å². The first-order valence-electron chi connectivity index (χ1n) is 17.4. The van der Waals surface area contributed by atoms with Gasteiger partial charge in [-0.05, 0) is 39.4 Å². The molecular formula is C47H56Cl2Hf-2. The minimum Gasteiger partial charge on any atom is -0.214 e. The van der Waals surface area contributed by atoms with Crippen molar-refractivity contribution in [3.63, 3.8) is 0 Å². The van der Waals surface area contributed by atoms with Gasteiger partial charge < -0.3 is 24.8 Å². The third-order valence-electron chi connectivity index (χ3n) is 8.91. The summed E-state index contributed by atoms with van der Waals surface area (Å²) >= 11 is 1.08. The van der Waals surface area contributed by atoms with E-state index >= 15 is 0 Å². The standard InChI is InChI=1S/C29H41.C13H10.C5H5.2ClH.Hf/c1-26(2,3)22-14-18-13-19-15-23(27(4,5)6)25(29(10,11)12)17-21(19)20(18)16-24(22)28(7,8)9;1-3-7-12(8-4-1)11-13-9-5-2-6-10-13;1-2-4-5-3-1;;;/h14,16-17H,13H2,1-12H3;1-10H;1-5H;2*1H;/q-1;;-1;;;+2/p-2. The Morgan fingerprint density at radius 2 is 0.960 bits per heavy atom. The maximum Gasteiger partial charge on any atom is -0.172 e. The van der Waals surface area contributed by atoms with Crippen LogP contribution in [0.3, 0.4) is 0 Å². The molecule has 0 nitrogen and oxygen atoms in total. The van der Waals surface area contributed by atoms with Gasteiger partial charge in [-0.25, -0.2) is 12.1 Å². The van der Waals surface area contributed by atoms with Gasteiger partial charge >= 0.3 is 98.9 Å². The fraction of sp³-hybridized carbons (Fsp3) is 0.362. The summed E-state index contributed by atoms with van der Waals surface area (Å²) in [6.07, 6.45) is 1.01. The van der Waals surface area contributed by atoms with Gasteiger partial charge in [-0.3, -0.25) is 0 Å². The molecule has 50 heavy (non-hydrogen) atoms. The van der Waals surface area contributed by atoms with E-state index in [1.807, 2.05) is 30.3 Å². The van der Waals surface area contributed by atoms with Gasteiger partial charge in [-0.1, -0.05) is 106 Å². The van der Waals surface area contributed by atoms with Crippen molar-refractivity contribution < 1.29 is 48.7 Å². The largest absolute Gasteiger partial charge is 0.214 e. The van der Waals surface area contributed by atoms with E-state index < -0.39 is 0 Å². The summed E-state index contributed by atoms with van der Waals surface area (Å²) in [7, 11) is 0. The third-order valence-corrected chi connectivity index (χ3v) is 11.0. The average molecular weight is 870 g/mol. The summed E-state index contributed by atoms with van der Waals surface area (Å²) in [5.74, 6) is 0. The Hall–Kier alpha value is -2.45. The van der Waals surface area contributed by atoms with Crippen molar-refractivity contribution in [1.29, 1.82) is 0 Å². The van der Waals surface area contributed by atoms with Crippen LogP contribution in [0.25, 0.3) is 11.1 Å². The van der Waals surface area contributed by atoms with E-state index in [4.69, 9.17) is 0 Å². The number of fused-ring (bicyclic) bond motifs is 3. The fourth-order valence-corrected chi connectivity index (χ4v) is 7.52. The Balaban J connectivity index is 0.000000341. The van der Waals surface area contributed by atoms with Crippen LogP contribution in [0.1, 0.15) is 128 Å². The molecule has 264 valence electrons. The second-order valence-electron chi connectivity index (χ2n) is 17.3. The molecule has 0 radical (unpaired) electrons. The molecule has 0 aromatic heterocycles. The molecule has 0 amide bonds. The molecule has 0 bridgehead atoms. The molecule has 5 aromatic carbocycles. The van der Waals surface area contributed by atoms with Crippen LogP contribution in [0.4, 0.5) is 0 Å². The van der Waals surface area contributed by atoms with E-state index in [0.29, 0.717) is 0 Å². The minimum atomic E-state index is 0. The van der Waals surface area contributed by atoms with Crippen LogP contribution in [0.5, 0.6) is 0 Å². The van der Waals surface area contributed by atoms with Gasteiger partial charge in [0.05, 0.1) is 0 Å². The van der Waals surface area contributed by atoms with Crippen LogP contribution in [-0.2, 0) is 52.0 Å².